The molecule has 25 heavy (non-hydrogen) atoms. The van der Waals surface area contributed by atoms with Crippen molar-refractivity contribution in [2.75, 3.05) is 12.9 Å². The fraction of sp³-hybridized carbons (Fsp3) is 0.278. The molecule has 0 fully saturated rings. The van der Waals surface area contributed by atoms with Crippen LogP contribution in [0.3, 0.4) is 0 Å². The molecule has 1 amide bonds. The summed E-state index contributed by atoms with van der Waals surface area (Å²) in [5, 5.41) is 2.78. The molecule has 0 atom stereocenters. The lowest BCUT2D eigenvalue weighted by Crippen LogP contribution is -2.24. The van der Waals surface area contributed by atoms with Gasteiger partial charge in [-0.15, -0.1) is 11.8 Å². The van der Waals surface area contributed by atoms with Crippen molar-refractivity contribution in [1.29, 1.82) is 0 Å². The van der Waals surface area contributed by atoms with E-state index >= 15 is 0 Å². The van der Waals surface area contributed by atoms with E-state index in [9.17, 15) is 18.0 Å². The van der Waals surface area contributed by atoms with Crippen LogP contribution in [0.2, 0.25) is 0 Å². The Morgan fingerprint density at radius 3 is 2.64 bits per heavy atom. The van der Waals surface area contributed by atoms with E-state index in [1.54, 1.807) is 13.2 Å². The Kier molecular flexibility index (Phi) is 6.75. The summed E-state index contributed by atoms with van der Waals surface area (Å²) in [5.74, 6) is 1.03. The van der Waals surface area contributed by atoms with Crippen molar-refractivity contribution in [3.8, 4) is 5.75 Å². The van der Waals surface area contributed by atoms with Crippen LogP contribution in [-0.2, 0) is 23.3 Å². The van der Waals surface area contributed by atoms with E-state index in [1.165, 1.54) is 17.8 Å². The SMILES string of the molecule is COc1ccccc1CNC(=O)CSCc1cccc(C(F)(F)F)c1. The molecule has 0 aromatic heterocycles. The number of thioether (sulfide) groups is 1. The third kappa shape index (κ3) is 6.01. The van der Waals surface area contributed by atoms with Crippen LogP contribution in [0.25, 0.3) is 0 Å². The highest BCUT2D eigenvalue weighted by Crippen LogP contribution is 2.30. The van der Waals surface area contributed by atoms with Crippen LogP contribution in [0, 0.1) is 0 Å². The van der Waals surface area contributed by atoms with E-state index in [0.29, 0.717) is 23.6 Å². The van der Waals surface area contributed by atoms with Crippen molar-refractivity contribution in [1.82, 2.24) is 5.32 Å². The Bertz CT molecular complexity index is 719. The highest BCUT2D eigenvalue weighted by atomic mass is 32.2. The zero-order valence-electron chi connectivity index (χ0n) is 13.6. The number of hydrogen-bond donors (Lipinski definition) is 1. The van der Waals surface area contributed by atoms with Crippen LogP contribution < -0.4 is 10.1 Å². The van der Waals surface area contributed by atoms with Crippen molar-refractivity contribution >= 4 is 17.7 Å². The quantitative estimate of drug-likeness (QED) is 0.792. The topological polar surface area (TPSA) is 38.3 Å². The maximum absolute atomic E-state index is 12.7. The number of rotatable bonds is 7. The molecule has 134 valence electrons. The summed E-state index contributed by atoms with van der Waals surface area (Å²) >= 11 is 1.27. The van der Waals surface area contributed by atoms with Gasteiger partial charge in [-0.3, -0.25) is 4.79 Å². The number of benzene rings is 2. The van der Waals surface area contributed by atoms with Gasteiger partial charge in [0.05, 0.1) is 18.4 Å². The van der Waals surface area contributed by atoms with Crippen molar-refractivity contribution in [2.24, 2.45) is 0 Å². The Balaban J connectivity index is 1.79. The second-order valence-corrected chi connectivity index (χ2v) is 6.27. The summed E-state index contributed by atoms with van der Waals surface area (Å²) < 4.78 is 43.2. The second kappa shape index (κ2) is 8.80. The Morgan fingerprint density at radius 1 is 1.16 bits per heavy atom. The lowest BCUT2D eigenvalue weighted by molar-refractivity contribution is -0.137. The first kappa shape index (κ1) is 19.2. The van der Waals surface area contributed by atoms with Gasteiger partial charge in [-0.1, -0.05) is 36.4 Å². The van der Waals surface area contributed by atoms with Gasteiger partial charge in [0.1, 0.15) is 5.75 Å². The van der Waals surface area contributed by atoms with Gasteiger partial charge < -0.3 is 10.1 Å². The number of alkyl halides is 3. The van der Waals surface area contributed by atoms with Crippen LogP contribution in [0.5, 0.6) is 5.75 Å². The first-order valence-electron chi connectivity index (χ1n) is 7.52. The first-order chi connectivity index (χ1) is 11.9. The van der Waals surface area contributed by atoms with Gasteiger partial charge in [-0.25, -0.2) is 0 Å². The molecule has 2 aromatic rings. The van der Waals surface area contributed by atoms with Crippen LogP contribution in [0.4, 0.5) is 13.2 Å². The second-order valence-electron chi connectivity index (χ2n) is 5.28. The van der Waals surface area contributed by atoms with E-state index in [-0.39, 0.29) is 11.7 Å². The van der Waals surface area contributed by atoms with Crippen molar-refractivity contribution < 1.29 is 22.7 Å². The van der Waals surface area contributed by atoms with E-state index < -0.39 is 11.7 Å². The van der Waals surface area contributed by atoms with Crippen LogP contribution in [0.15, 0.2) is 48.5 Å². The predicted molar refractivity (Wildman–Crippen MR) is 92.4 cm³/mol. The number of nitrogens with one attached hydrogen (secondary N) is 1. The third-order valence-electron chi connectivity index (χ3n) is 3.42. The van der Waals surface area contributed by atoms with Gasteiger partial charge in [-0.05, 0) is 17.7 Å². The van der Waals surface area contributed by atoms with Crippen LogP contribution >= 0.6 is 11.8 Å². The summed E-state index contributed by atoms with van der Waals surface area (Å²) in [4.78, 5) is 11.9. The third-order valence-corrected chi connectivity index (χ3v) is 4.43. The van der Waals surface area contributed by atoms with Gasteiger partial charge in [0, 0.05) is 17.9 Å². The van der Waals surface area contributed by atoms with Crippen molar-refractivity contribution in [3.05, 3.63) is 65.2 Å². The van der Waals surface area contributed by atoms with Crippen LogP contribution in [-0.4, -0.2) is 18.8 Å². The number of ether oxygens (including phenoxy) is 1. The molecular formula is C18H18F3NO2S. The normalized spacial score (nSPS) is 11.2. The minimum absolute atomic E-state index is 0.172. The summed E-state index contributed by atoms with van der Waals surface area (Å²) in [6.45, 7) is 0.340. The number of para-hydroxylation sites is 1. The van der Waals surface area contributed by atoms with Crippen molar-refractivity contribution in [3.63, 3.8) is 0 Å². The molecule has 0 spiro atoms. The molecule has 0 saturated heterocycles. The molecule has 0 saturated carbocycles. The molecular weight excluding hydrogens is 351 g/mol. The summed E-state index contributed by atoms with van der Waals surface area (Å²) in [5.41, 5.74) is 0.727. The van der Waals surface area contributed by atoms with Gasteiger partial charge in [0.2, 0.25) is 5.91 Å². The molecule has 2 aromatic carbocycles. The lowest BCUT2D eigenvalue weighted by Gasteiger charge is -2.10. The predicted octanol–water partition coefficient (Wildman–Crippen LogP) is 4.26. The highest BCUT2D eigenvalue weighted by molar-refractivity contribution is 7.99. The monoisotopic (exact) mass is 369 g/mol. The maximum Gasteiger partial charge on any atom is 0.416 e. The Morgan fingerprint density at radius 2 is 1.92 bits per heavy atom. The number of amides is 1. The summed E-state index contributed by atoms with van der Waals surface area (Å²) in [6.07, 6.45) is -4.35. The average Bonchev–Trinajstić information content (AvgIpc) is 2.59. The lowest BCUT2D eigenvalue weighted by atomic mass is 10.1. The summed E-state index contributed by atoms with van der Waals surface area (Å²) in [7, 11) is 1.56. The van der Waals surface area contributed by atoms with Crippen LogP contribution in [0.1, 0.15) is 16.7 Å². The smallest absolute Gasteiger partial charge is 0.416 e. The van der Waals surface area contributed by atoms with E-state index in [1.807, 2.05) is 24.3 Å². The highest BCUT2D eigenvalue weighted by Gasteiger charge is 2.30. The molecule has 2 rings (SSSR count). The number of carbonyl (C=O) groups is 1. The number of halogens is 3. The van der Waals surface area contributed by atoms with Gasteiger partial charge in [-0.2, -0.15) is 13.2 Å². The molecule has 1 N–H and O–H groups in total. The molecule has 0 heterocycles. The zero-order chi connectivity index (χ0) is 18.3. The standard InChI is InChI=1S/C18H18F3NO2S/c1-24-16-8-3-2-6-14(16)10-22-17(23)12-25-11-13-5-4-7-15(9-13)18(19,20)21/h2-9H,10-12H2,1H3,(H,22,23). The zero-order valence-corrected chi connectivity index (χ0v) is 14.4. The molecule has 0 bridgehead atoms. The van der Waals surface area contributed by atoms with E-state index in [2.05, 4.69) is 5.32 Å². The minimum Gasteiger partial charge on any atom is -0.496 e. The fourth-order valence-electron chi connectivity index (χ4n) is 2.19. The number of carbonyl (C=O) groups excluding carboxylic acids is 1. The first-order valence-corrected chi connectivity index (χ1v) is 8.68. The van der Waals surface area contributed by atoms with Gasteiger partial charge in [0.25, 0.3) is 0 Å². The van der Waals surface area contributed by atoms with Crippen molar-refractivity contribution in [2.45, 2.75) is 18.5 Å². The fourth-order valence-corrected chi connectivity index (χ4v) is 3.00. The minimum atomic E-state index is -4.35. The Hall–Kier alpha value is -2.15. The van der Waals surface area contributed by atoms with E-state index in [0.717, 1.165) is 17.7 Å². The van der Waals surface area contributed by atoms with E-state index in [4.69, 9.17) is 4.74 Å². The molecule has 0 aliphatic heterocycles. The number of hydrogen-bond acceptors (Lipinski definition) is 3. The largest absolute Gasteiger partial charge is 0.496 e. The molecule has 0 unspecified atom stereocenters. The Labute approximate surface area is 148 Å². The molecule has 7 heteroatoms. The number of methoxy groups -OCH3 is 1. The summed E-state index contributed by atoms with van der Waals surface area (Å²) in [6, 6.07) is 12.5. The maximum atomic E-state index is 12.7. The molecule has 0 aliphatic carbocycles. The average molecular weight is 369 g/mol. The molecule has 0 radical (unpaired) electrons. The molecule has 3 nitrogen and oxygen atoms in total. The molecule has 0 aliphatic rings. The van der Waals surface area contributed by atoms with Gasteiger partial charge in [0.15, 0.2) is 0 Å². The van der Waals surface area contributed by atoms with Gasteiger partial charge >= 0.3 is 6.18 Å².